The van der Waals surface area contributed by atoms with Gasteiger partial charge >= 0.3 is 0 Å². The molecule has 4 rings (SSSR count). The summed E-state index contributed by atoms with van der Waals surface area (Å²) in [6.07, 6.45) is 4.79. The van der Waals surface area contributed by atoms with Crippen LogP contribution in [0.4, 0.5) is 0 Å². The number of aromatic nitrogens is 4. The molecule has 0 N–H and O–H groups in total. The van der Waals surface area contributed by atoms with E-state index in [0.717, 1.165) is 16.6 Å². The van der Waals surface area contributed by atoms with Crippen molar-refractivity contribution in [2.75, 3.05) is 0 Å². The van der Waals surface area contributed by atoms with Crippen molar-refractivity contribution in [3.8, 4) is 22.8 Å². The van der Waals surface area contributed by atoms with Crippen molar-refractivity contribution in [2.45, 2.75) is 0 Å². The van der Waals surface area contributed by atoms with E-state index in [2.05, 4.69) is 20.1 Å². The van der Waals surface area contributed by atoms with Gasteiger partial charge in [-0.1, -0.05) is 5.16 Å². The summed E-state index contributed by atoms with van der Waals surface area (Å²) in [5.74, 6) is 0.938. The van der Waals surface area contributed by atoms with Crippen molar-refractivity contribution < 1.29 is 8.94 Å². The highest BCUT2D eigenvalue weighted by molar-refractivity contribution is 5.78. The molecule has 0 unspecified atom stereocenters. The van der Waals surface area contributed by atoms with Crippen molar-refractivity contribution in [2.24, 2.45) is 0 Å². The smallest absolute Gasteiger partial charge is 0.258 e. The first-order valence-corrected chi connectivity index (χ1v) is 5.98. The van der Waals surface area contributed by atoms with Crippen molar-refractivity contribution >= 4 is 11.1 Å². The fraction of sp³-hybridized carbons (Fsp3) is 0. The fourth-order valence-corrected chi connectivity index (χ4v) is 1.94. The second-order valence-electron chi connectivity index (χ2n) is 4.20. The third kappa shape index (κ3) is 1.74. The van der Waals surface area contributed by atoms with E-state index in [1.165, 1.54) is 6.39 Å². The Kier molecular flexibility index (Phi) is 2.32. The van der Waals surface area contributed by atoms with E-state index in [-0.39, 0.29) is 0 Å². The molecule has 1 aromatic carbocycles. The van der Waals surface area contributed by atoms with E-state index in [4.69, 9.17) is 8.94 Å². The second kappa shape index (κ2) is 4.27. The van der Waals surface area contributed by atoms with Gasteiger partial charge in [0.15, 0.2) is 12.0 Å². The maximum Gasteiger partial charge on any atom is 0.258 e. The third-order valence-electron chi connectivity index (χ3n) is 2.92. The first-order valence-electron chi connectivity index (χ1n) is 5.98. The van der Waals surface area contributed by atoms with Crippen molar-refractivity contribution in [3.63, 3.8) is 0 Å². The average molecular weight is 264 g/mol. The summed E-state index contributed by atoms with van der Waals surface area (Å²) < 4.78 is 10.5. The van der Waals surface area contributed by atoms with Crippen LogP contribution >= 0.6 is 0 Å². The summed E-state index contributed by atoms with van der Waals surface area (Å²) in [6, 6.07) is 9.24. The first-order chi connectivity index (χ1) is 9.90. The Morgan fingerprint density at radius 3 is 2.95 bits per heavy atom. The van der Waals surface area contributed by atoms with Gasteiger partial charge in [-0.05, 0) is 30.3 Å². The van der Waals surface area contributed by atoms with Crippen LogP contribution in [0.5, 0.6) is 0 Å². The standard InChI is InChI=1S/C14H8N4O2/c1-2-10(7-15-5-1)13-17-14(20-18-13)9-3-4-11-12(6-9)19-8-16-11/h1-8H. The molecule has 0 radical (unpaired) electrons. The monoisotopic (exact) mass is 264 g/mol. The van der Waals surface area contributed by atoms with Crippen LogP contribution in [0.1, 0.15) is 0 Å². The number of oxazole rings is 1. The molecule has 0 atom stereocenters. The summed E-state index contributed by atoms with van der Waals surface area (Å²) in [7, 11) is 0. The molecule has 0 aliphatic rings. The summed E-state index contributed by atoms with van der Waals surface area (Å²) in [5.41, 5.74) is 3.07. The zero-order valence-corrected chi connectivity index (χ0v) is 10.2. The Morgan fingerprint density at radius 1 is 1.05 bits per heavy atom. The lowest BCUT2D eigenvalue weighted by Crippen LogP contribution is -1.82. The molecule has 0 amide bonds. The molecular formula is C14H8N4O2. The molecule has 0 saturated heterocycles. The maximum absolute atomic E-state index is 5.28. The number of nitrogens with zero attached hydrogens (tertiary/aromatic N) is 4. The van der Waals surface area contributed by atoms with Crippen LogP contribution in [0, 0.1) is 0 Å². The predicted octanol–water partition coefficient (Wildman–Crippen LogP) is 2.94. The van der Waals surface area contributed by atoms with Crippen LogP contribution in [0.2, 0.25) is 0 Å². The number of fused-ring (bicyclic) bond motifs is 1. The van der Waals surface area contributed by atoms with E-state index in [1.54, 1.807) is 12.4 Å². The Labute approximate surface area is 113 Å². The molecule has 3 aromatic heterocycles. The van der Waals surface area contributed by atoms with Crippen LogP contribution in [0.15, 0.2) is 58.1 Å². The topological polar surface area (TPSA) is 77.8 Å². The zero-order chi connectivity index (χ0) is 13.4. The van der Waals surface area contributed by atoms with Crippen LogP contribution in [0.3, 0.4) is 0 Å². The SMILES string of the molecule is c1cncc(-c2noc(-c3ccc4ncoc4c3)n2)c1. The molecule has 4 aromatic rings. The van der Waals surface area contributed by atoms with Crippen LogP contribution in [-0.4, -0.2) is 20.1 Å². The van der Waals surface area contributed by atoms with E-state index < -0.39 is 0 Å². The Hall–Kier alpha value is -3.02. The number of hydrogen-bond acceptors (Lipinski definition) is 6. The van der Waals surface area contributed by atoms with Crippen molar-refractivity contribution in [1.29, 1.82) is 0 Å². The minimum Gasteiger partial charge on any atom is -0.443 e. The summed E-state index contributed by atoms with van der Waals surface area (Å²) in [4.78, 5) is 12.5. The Balaban J connectivity index is 1.77. The van der Waals surface area contributed by atoms with Gasteiger partial charge in [0.1, 0.15) is 5.52 Å². The molecule has 0 bridgehead atoms. The highest BCUT2D eigenvalue weighted by Gasteiger charge is 2.11. The second-order valence-corrected chi connectivity index (χ2v) is 4.20. The van der Waals surface area contributed by atoms with Gasteiger partial charge in [-0.25, -0.2) is 4.98 Å². The molecule has 96 valence electrons. The largest absolute Gasteiger partial charge is 0.443 e. The maximum atomic E-state index is 5.28. The lowest BCUT2D eigenvalue weighted by Gasteiger charge is -1.93. The third-order valence-corrected chi connectivity index (χ3v) is 2.92. The molecule has 0 spiro atoms. The summed E-state index contributed by atoms with van der Waals surface area (Å²) >= 11 is 0. The molecule has 20 heavy (non-hydrogen) atoms. The number of pyridine rings is 1. The van der Waals surface area contributed by atoms with E-state index in [1.807, 2.05) is 30.3 Å². The van der Waals surface area contributed by atoms with Crippen molar-refractivity contribution in [3.05, 3.63) is 49.1 Å². The molecule has 6 heteroatoms. The van der Waals surface area contributed by atoms with Gasteiger partial charge in [0, 0.05) is 23.5 Å². The van der Waals surface area contributed by atoms with Crippen LogP contribution in [0.25, 0.3) is 33.9 Å². The van der Waals surface area contributed by atoms with Crippen LogP contribution < -0.4 is 0 Å². The summed E-state index contributed by atoms with van der Waals surface area (Å²) in [6.45, 7) is 0. The Bertz CT molecular complexity index is 867. The highest BCUT2D eigenvalue weighted by Crippen LogP contribution is 2.24. The van der Waals surface area contributed by atoms with Gasteiger partial charge in [0.2, 0.25) is 5.82 Å². The van der Waals surface area contributed by atoms with Crippen LogP contribution in [-0.2, 0) is 0 Å². The molecule has 3 heterocycles. The average Bonchev–Trinajstić information content (AvgIpc) is 3.16. The molecule has 0 aliphatic heterocycles. The van der Waals surface area contributed by atoms with E-state index >= 15 is 0 Å². The van der Waals surface area contributed by atoms with Crippen molar-refractivity contribution in [1.82, 2.24) is 20.1 Å². The number of rotatable bonds is 2. The number of benzene rings is 1. The van der Waals surface area contributed by atoms with E-state index in [0.29, 0.717) is 17.3 Å². The van der Waals surface area contributed by atoms with E-state index in [9.17, 15) is 0 Å². The Morgan fingerprint density at radius 2 is 2.05 bits per heavy atom. The van der Waals surface area contributed by atoms with Gasteiger partial charge in [-0.3, -0.25) is 4.98 Å². The first kappa shape index (κ1) is 10.9. The van der Waals surface area contributed by atoms with Gasteiger partial charge in [0.05, 0.1) is 0 Å². The molecule has 6 nitrogen and oxygen atoms in total. The normalized spacial score (nSPS) is 11.0. The van der Waals surface area contributed by atoms with Gasteiger partial charge in [0.25, 0.3) is 5.89 Å². The van der Waals surface area contributed by atoms with Gasteiger partial charge in [-0.2, -0.15) is 4.98 Å². The molecule has 0 saturated carbocycles. The molecular weight excluding hydrogens is 256 g/mol. The summed E-state index contributed by atoms with van der Waals surface area (Å²) in [5, 5.41) is 3.96. The minimum atomic E-state index is 0.433. The molecule has 0 fully saturated rings. The zero-order valence-electron chi connectivity index (χ0n) is 10.2. The van der Waals surface area contributed by atoms with Gasteiger partial charge in [-0.15, -0.1) is 0 Å². The molecule has 0 aliphatic carbocycles. The highest BCUT2D eigenvalue weighted by atomic mass is 16.5. The predicted molar refractivity (Wildman–Crippen MR) is 70.5 cm³/mol. The minimum absolute atomic E-state index is 0.433. The lowest BCUT2D eigenvalue weighted by atomic mass is 10.2. The lowest BCUT2D eigenvalue weighted by molar-refractivity contribution is 0.432. The van der Waals surface area contributed by atoms with Gasteiger partial charge < -0.3 is 8.94 Å². The quantitative estimate of drug-likeness (QED) is 0.554. The number of hydrogen-bond donors (Lipinski definition) is 0. The fourth-order valence-electron chi connectivity index (χ4n) is 1.94.